The summed E-state index contributed by atoms with van der Waals surface area (Å²) in [5, 5.41) is 10.00. The molecule has 0 atom stereocenters. The zero-order valence-electron chi connectivity index (χ0n) is 38.9. The van der Waals surface area contributed by atoms with Crippen molar-refractivity contribution in [1.82, 2.24) is 4.57 Å². The molecular weight excluding hydrogens is 855 g/mol. The van der Waals surface area contributed by atoms with Crippen LogP contribution in [0, 0.1) is 0 Å². The Labute approximate surface area is 413 Å². The summed E-state index contributed by atoms with van der Waals surface area (Å²) < 4.78 is 2.43. The first-order valence-electron chi connectivity index (χ1n) is 24.6. The molecule has 0 radical (unpaired) electrons. The first-order chi connectivity index (χ1) is 35.3. The summed E-state index contributed by atoms with van der Waals surface area (Å²) in [6, 6.07) is 101. The highest BCUT2D eigenvalue weighted by Gasteiger charge is 2.24. The standard InChI is InChI=1S/C70H45N/c1-4-21-46(22-5-1)51-29-10-13-32-54(51)64-44-63(49-27-20-28-50(43-49)71-67-37-18-16-35-57(67)58-36-17-19-38-68(58)71)59-39-40-61-65(55-33-14-11-30-52(55)47-23-6-2-7-24-47)45-66(62-42-41-60(64)69(59)70(61)62)56-34-15-12-31-53(56)48-25-8-3-9-26-48/h1-45H. The molecule has 0 bridgehead atoms. The van der Waals surface area contributed by atoms with Crippen LogP contribution < -0.4 is 0 Å². The molecule has 13 aromatic carbocycles. The van der Waals surface area contributed by atoms with E-state index in [1.54, 1.807) is 0 Å². The van der Waals surface area contributed by atoms with Gasteiger partial charge < -0.3 is 4.57 Å². The van der Waals surface area contributed by atoms with E-state index < -0.39 is 0 Å². The second-order valence-corrected chi connectivity index (χ2v) is 18.7. The molecule has 0 amide bonds. The van der Waals surface area contributed by atoms with Crippen molar-refractivity contribution in [2.45, 2.75) is 0 Å². The maximum atomic E-state index is 2.48. The van der Waals surface area contributed by atoms with Gasteiger partial charge >= 0.3 is 0 Å². The molecule has 0 saturated carbocycles. The van der Waals surface area contributed by atoms with Gasteiger partial charge in [-0.25, -0.2) is 0 Å². The largest absolute Gasteiger partial charge is 0.309 e. The lowest BCUT2D eigenvalue weighted by atomic mass is 9.80. The van der Waals surface area contributed by atoms with Gasteiger partial charge in [-0.15, -0.1) is 0 Å². The van der Waals surface area contributed by atoms with Crippen LogP contribution in [-0.4, -0.2) is 4.57 Å². The van der Waals surface area contributed by atoms with Gasteiger partial charge in [-0.3, -0.25) is 0 Å². The topological polar surface area (TPSA) is 4.93 Å². The second kappa shape index (κ2) is 16.7. The summed E-state index contributed by atoms with van der Waals surface area (Å²) in [5.74, 6) is 0. The van der Waals surface area contributed by atoms with Gasteiger partial charge in [0.2, 0.25) is 0 Å². The summed E-state index contributed by atoms with van der Waals surface area (Å²) in [6.07, 6.45) is 0. The molecule has 0 aliphatic rings. The maximum absolute atomic E-state index is 2.48. The third-order valence-electron chi connectivity index (χ3n) is 14.8. The fourth-order valence-electron chi connectivity index (χ4n) is 11.7. The van der Waals surface area contributed by atoms with Crippen LogP contribution >= 0.6 is 0 Å². The number of fused-ring (bicyclic) bond motifs is 3. The zero-order valence-corrected chi connectivity index (χ0v) is 38.9. The highest BCUT2D eigenvalue weighted by Crippen LogP contribution is 2.51. The predicted octanol–water partition coefficient (Wildman–Crippen LogP) is 19.4. The van der Waals surface area contributed by atoms with Crippen molar-refractivity contribution in [2.75, 3.05) is 0 Å². The van der Waals surface area contributed by atoms with E-state index in [9.17, 15) is 0 Å². The van der Waals surface area contributed by atoms with Crippen LogP contribution in [-0.2, 0) is 0 Å². The Bertz CT molecular complexity index is 4160. The summed E-state index contributed by atoms with van der Waals surface area (Å²) in [6.45, 7) is 0. The lowest BCUT2D eigenvalue weighted by molar-refractivity contribution is 1.18. The molecule has 0 saturated heterocycles. The van der Waals surface area contributed by atoms with E-state index in [-0.39, 0.29) is 0 Å². The van der Waals surface area contributed by atoms with Gasteiger partial charge in [0.05, 0.1) is 11.0 Å². The number of hydrogen-bond acceptors (Lipinski definition) is 0. The first kappa shape index (κ1) is 40.7. The molecule has 1 heteroatoms. The quantitative estimate of drug-likeness (QED) is 0.134. The van der Waals surface area contributed by atoms with Crippen LogP contribution in [0.15, 0.2) is 273 Å². The molecule has 14 aromatic rings. The van der Waals surface area contributed by atoms with E-state index in [1.807, 2.05) is 0 Å². The van der Waals surface area contributed by atoms with Crippen molar-refractivity contribution in [1.29, 1.82) is 0 Å². The molecular formula is C70H45N. The number of aromatic nitrogens is 1. The number of para-hydroxylation sites is 2. The van der Waals surface area contributed by atoms with E-state index >= 15 is 0 Å². The molecule has 0 fully saturated rings. The third-order valence-corrected chi connectivity index (χ3v) is 14.8. The molecule has 1 nitrogen and oxygen atoms in total. The summed E-state index contributed by atoms with van der Waals surface area (Å²) >= 11 is 0. The summed E-state index contributed by atoms with van der Waals surface area (Å²) in [5.41, 5.74) is 20.4. The minimum absolute atomic E-state index is 1.14. The average Bonchev–Trinajstić information content (AvgIpc) is 3.79. The Morgan fingerprint density at radius 3 is 0.930 bits per heavy atom. The lowest BCUT2D eigenvalue weighted by Gasteiger charge is -2.23. The molecule has 14 rings (SSSR count). The van der Waals surface area contributed by atoms with Gasteiger partial charge in [0.25, 0.3) is 0 Å². The fourth-order valence-corrected chi connectivity index (χ4v) is 11.7. The lowest BCUT2D eigenvalue weighted by Crippen LogP contribution is -1.97. The molecule has 0 unspecified atom stereocenters. The van der Waals surface area contributed by atoms with Crippen molar-refractivity contribution in [2.24, 2.45) is 0 Å². The van der Waals surface area contributed by atoms with Crippen molar-refractivity contribution in [3.63, 3.8) is 0 Å². The van der Waals surface area contributed by atoms with Gasteiger partial charge in [-0.1, -0.05) is 237 Å². The second-order valence-electron chi connectivity index (χ2n) is 18.7. The molecule has 1 aromatic heterocycles. The molecule has 71 heavy (non-hydrogen) atoms. The number of benzene rings is 13. The molecule has 0 spiro atoms. The van der Waals surface area contributed by atoms with Crippen LogP contribution in [0.25, 0.3) is 138 Å². The van der Waals surface area contributed by atoms with Crippen molar-refractivity contribution in [3.8, 4) is 83.6 Å². The summed E-state index contributed by atoms with van der Waals surface area (Å²) in [7, 11) is 0. The smallest absolute Gasteiger partial charge is 0.0541 e. The van der Waals surface area contributed by atoms with Crippen LogP contribution in [0.2, 0.25) is 0 Å². The Morgan fingerprint density at radius 1 is 0.183 bits per heavy atom. The first-order valence-corrected chi connectivity index (χ1v) is 24.6. The number of nitrogens with zero attached hydrogens (tertiary/aromatic N) is 1. The van der Waals surface area contributed by atoms with Crippen LogP contribution in [0.3, 0.4) is 0 Å². The minimum Gasteiger partial charge on any atom is -0.309 e. The van der Waals surface area contributed by atoms with Gasteiger partial charge in [0.1, 0.15) is 0 Å². The molecule has 0 aliphatic heterocycles. The number of hydrogen-bond donors (Lipinski definition) is 0. The molecule has 0 N–H and O–H groups in total. The fraction of sp³-hybridized carbons (Fsp3) is 0. The Balaban J connectivity index is 1.13. The van der Waals surface area contributed by atoms with Gasteiger partial charge in [0, 0.05) is 16.5 Å². The number of rotatable bonds is 8. The van der Waals surface area contributed by atoms with Crippen molar-refractivity contribution in [3.05, 3.63) is 273 Å². The normalized spacial score (nSPS) is 11.7. The molecule has 1 heterocycles. The molecule has 0 aliphatic carbocycles. The Kier molecular flexibility index (Phi) is 9.60. The van der Waals surface area contributed by atoms with Gasteiger partial charge in [-0.2, -0.15) is 0 Å². The van der Waals surface area contributed by atoms with Crippen molar-refractivity contribution >= 4 is 54.1 Å². The van der Waals surface area contributed by atoms with E-state index in [2.05, 4.69) is 278 Å². The van der Waals surface area contributed by atoms with E-state index in [0.29, 0.717) is 0 Å². The SMILES string of the molecule is c1ccc(-c2ccccc2-c2cc(-c3cccc(-n4c5ccccc5c5ccccc54)c3)c3ccc4c(-c5ccccc5-c5ccccc5)cc(-c5ccccc5-c5ccccc5)c5ccc2c3c45)cc1. The van der Waals surface area contributed by atoms with E-state index in [0.717, 1.165) is 5.69 Å². The van der Waals surface area contributed by atoms with Crippen LogP contribution in [0.1, 0.15) is 0 Å². The maximum Gasteiger partial charge on any atom is 0.0541 e. The van der Waals surface area contributed by atoms with Crippen molar-refractivity contribution < 1.29 is 0 Å². The molecule has 330 valence electrons. The van der Waals surface area contributed by atoms with Crippen LogP contribution in [0.5, 0.6) is 0 Å². The average molecular weight is 900 g/mol. The summed E-state index contributed by atoms with van der Waals surface area (Å²) in [4.78, 5) is 0. The Morgan fingerprint density at radius 2 is 0.507 bits per heavy atom. The monoisotopic (exact) mass is 899 g/mol. The zero-order chi connectivity index (χ0) is 46.8. The highest BCUT2D eigenvalue weighted by molar-refractivity contribution is 6.32. The highest BCUT2D eigenvalue weighted by atomic mass is 15.0. The minimum atomic E-state index is 1.14. The van der Waals surface area contributed by atoms with Crippen LogP contribution in [0.4, 0.5) is 0 Å². The van der Waals surface area contributed by atoms with E-state index in [1.165, 1.54) is 132 Å². The third kappa shape index (κ3) is 6.62. The van der Waals surface area contributed by atoms with Gasteiger partial charge in [-0.05, 0) is 147 Å². The van der Waals surface area contributed by atoms with E-state index in [4.69, 9.17) is 0 Å². The van der Waals surface area contributed by atoms with Gasteiger partial charge in [0.15, 0.2) is 0 Å². The Hall–Kier alpha value is -9.30. The predicted molar refractivity (Wildman–Crippen MR) is 303 cm³/mol.